The molecule has 2 heterocycles. The van der Waals surface area contributed by atoms with Gasteiger partial charge in [-0.05, 0) is 11.6 Å². The van der Waals surface area contributed by atoms with E-state index in [4.69, 9.17) is 14.2 Å². The molecule has 1 aromatic heterocycles. The highest BCUT2D eigenvalue weighted by atomic mass is 16.6. The number of carbonyl (C=O) groups excluding carboxylic acids is 2. The number of amides is 2. The van der Waals surface area contributed by atoms with Crippen LogP contribution in [0.4, 0.5) is 16.3 Å². The molecule has 2 amide bonds. The molecule has 2 aromatic rings. The van der Waals surface area contributed by atoms with Gasteiger partial charge in [-0.15, -0.1) is 0 Å². The maximum Gasteiger partial charge on any atom is 0.415 e. The Labute approximate surface area is 150 Å². The number of rotatable bonds is 5. The second kappa shape index (κ2) is 7.83. The van der Waals surface area contributed by atoms with Crippen LogP contribution < -0.4 is 14.5 Å². The maximum absolute atomic E-state index is 12.5. The molecule has 0 spiro atoms. The summed E-state index contributed by atoms with van der Waals surface area (Å²) in [6.07, 6.45) is -0.618. The largest absolute Gasteiger partial charge is 0.481 e. The van der Waals surface area contributed by atoms with Crippen molar-refractivity contribution >= 4 is 23.5 Å². The third kappa shape index (κ3) is 3.60. The minimum atomic E-state index is -0.618. The highest BCUT2D eigenvalue weighted by Crippen LogP contribution is 2.34. The van der Waals surface area contributed by atoms with E-state index in [-0.39, 0.29) is 25.8 Å². The van der Waals surface area contributed by atoms with Gasteiger partial charge in [0, 0.05) is 13.2 Å². The van der Waals surface area contributed by atoms with Crippen molar-refractivity contribution in [1.29, 1.82) is 0 Å². The number of carbonyl (C=O) groups is 2. The second-order valence-corrected chi connectivity index (χ2v) is 5.56. The minimum Gasteiger partial charge on any atom is -0.481 e. The molecule has 136 valence electrons. The lowest BCUT2D eigenvalue weighted by atomic mass is 10.2. The lowest BCUT2D eigenvalue weighted by Gasteiger charge is -2.34. The van der Waals surface area contributed by atoms with Crippen LogP contribution in [0.2, 0.25) is 0 Å². The summed E-state index contributed by atoms with van der Waals surface area (Å²) < 4.78 is 15.5. The molecule has 26 heavy (non-hydrogen) atoms. The lowest BCUT2D eigenvalue weighted by Crippen LogP contribution is -2.49. The molecule has 8 nitrogen and oxygen atoms in total. The summed E-state index contributed by atoms with van der Waals surface area (Å²) in [5.74, 6) is 0.299. The first-order valence-corrected chi connectivity index (χ1v) is 7.96. The molecule has 0 N–H and O–H groups in total. The number of aromatic nitrogens is 1. The Hall–Kier alpha value is -3.13. The number of anilines is 2. The van der Waals surface area contributed by atoms with Gasteiger partial charge in [0.15, 0.2) is 5.82 Å². The van der Waals surface area contributed by atoms with Gasteiger partial charge in [0.25, 0.3) is 0 Å². The van der Waals surface area contributed by atoms with E-state index in [2.05, 4.69) is 4.98 Å². The first-order valence-electron chi connectivity index (χ1n) is 7.96. The van der Waals surface area contributed by atoms with E-state index < -0.39 is 6.09 Å². The number of hydrogen-bond acceptors (Lipinski definition) is 6. The highest BCUT2D eigenvalue weighted by Gasteiger charge is 2.35. The normalized spacial score (nSPS) is 13.4. The standard InChI is InChI=1S/C18H19N3O5/c1-24-12-21-16(22)10-20(14-8-9-15(25-2)19-17(14)21)18(23)26-11-13-6-4-3-5-7-13/h3-9H,10-12H2,1-2H3. The van der Waals surface area contributed by atoms with Crippen LogP contribution in [0.5, 0.6) is 5.88 Å². The number of ether oxygens (including phenoxy) is 3. The molecule has 1 aromatic carbocycles. The molecule has 0 fully saturated rings. The summed E-state index contributed by atoms with van der Waals surface area (Å²) in [5, 5.41) is 0. The highest BCUT2D eigenvalue weighted by molar-refractivity contribution is 6.08. The predicted octanol–water partition coefficient (Wildman–Crippen LogP) is 2.18. The van der Waals surface area contributed by atoms with Gasteiger partial charge in [-0.25, -0.2) is 4.79 Å². The van der Waals surface area contributed by atoms with Crippen molar-refractivity contribution in [2.75, 3.05) is 37.3 Å². The quantitative estimate of drug-likeness (QED) is 0.816. The molecule has 8 heteroatoms. The fourth-order valence-electron chi connectivity index (χ4n) is 2.59. The number of benzene rings is 1. The molecule has 0 unspecified atom stereocenters. The molecular formula is C18H19N3O5. The fourth-order valence-corrected chi connectivity index (χ4v) is 2.59. The first kappa shape index (κ1) is 17.7. The fraction of sp³-hybridized carbons (Fsp3) is 0.278. The summed E-state index contributed by atoms with van der Waals surface area (Å²) in [4.78, 5) is 31.9. The molecule has 0 saturated carbocycles. The molecule has 0 radical (unpaired) electrons. The average Bonchev–Trinajstić information content (AvgIpc) is 2.68. The Kier molecular flexibility index (Phi) is 5.33. The Morgan fingerprint density at radius 2 is 1.92 bits per heavy atom. The van der Waals surface area contributed by atoms with Crippen LogP contribution in [0.25, 0.3) is 0 Å². The van der Waals surface area contributed by atoms with Crippen LogP contribution >= 0.6 is 0 Å². The third-order valence-corrected chi connectivity index (χ3v) is 3.86. The average molecular weight is 357 g/mol. The van der Waals surface area contributed by atoms with Gasteiger partial charge in [-0.1, -0.05) is 30.3 Å². The van der Waals surface area contributed by atoms with Crippen molar-refractivity contribution in [3.05, 3.63) is 48.0 Å². The smallest absolute Gasteiger partial charge is 0.415 e. The molecule has 0 aliphatic carbocycles. The van der Waals surface area contributed by atoms with E-state index in [0.29, 0.717) is 17.4 Å². The molecule has 0 atom stereocenters. The van der Waals surface area contributed by atoms with Crippen molar-refractivity contribution in [2.24, 2.45) is 0 Å². The lowest BCUT2D eigenvalue weighted by molar-refractivity contribution is -0.118. The van der Waals surface area contributed by atoms with Crippen LogP contribution in [-0.2, 0) is 20.9 Å². The summed E-state index contributed by atoms with van der Waals surface area (Å²) in [6.45, 7) is -0.0119. The monoisotopic (exact) mass is 357 g/mol. The van der Waals surface area contributed by atoms with Crippen molar-refractivity contribution in [3.63, 3.8) is 0 Å². The zero-order valence-corrected chi connectivity index (χ0v) is 14.5. The van der Waals surface area contributed by atoms with Gasteiger partial charge in [0.1, 0.15) is 19.9 Å². The van der Waals surface area contributed by atoms with Crippen LogP contribution in [0.15, 0.2) is 42.5 Å². The zero-order valence-electron chi connectivity index (χ0n) is 14.5. The molecular weight excluding hydrogens is 338 g/mol. The molecule has 0 saturated heterocycles. The number of hydrogen-bond donors (Lipinski definition) is 0. The van der Waals surface area contributed by atoms with Gasteiger partial charge in [0.2, 0.25) is 11.8 Å². The maximum atomic E-state index is 12.5. The summed E-state index contributed by atoms with van der Waals surface area (Å²) in [5.41, 5.74) is 1.32. The number of nitrogens with zero attached hydrogens (tertiary/aromatic N) is 3. The third-order valence-electron chi connectivity index (χ3n) is 3.86. The first-order chi connectivity index (χ1) is 12.6. The Morgan fingerprint density at radius 3 is 2.62 bits per heavy atom. The van der Waals surface area contributed by atoms with E-state index in [0.717, 1.165) is 5.56 Å². The van der Waals surface area contributed by atoms with Gasteiger partial charge in [-0.2, -0.15) is 4.98 Å². The Balaban J connectivity index is 1.84. The Morgan fingerprint density at radius 1 is 1.15 bits per heavy atom. The van der Waals surface area contributed by atoms with E-state index in [1.165, 1.54) is 24.0 Å². The molecule has 3 rings (SSSR count). The predicted molar refractivity (Wildman–Crippen MR) is 94.1 cm³/mol. The SMILES string of the molecule is COCN1C(=O)CN(C(=O)OCc2ccccc2)c2ccc(OC)nc21. The summed E-state index contributed by atoms with van der Waals surface area (Å²) in [7, 11) is 2.96. The second-order valence-electron chi connectivity index (χ2n) is 5.56. The van der Waals surface area contributed by atoms with Crippen molar-refractivity contribution < 1.29 is 23.8 Å². The number of pyridine rings is 1. The van der Waals surface area contributed by atoms with Gasteiger partial charge in [-0.3, -0.25) is 14.6 Å². The van der Waals surface area contributed by atoms with Gasteiger partial charge < -0.3 is 14.2 Å². The topological polar surface area (TPSA) is 81.2 Å². The number of methoxy groups -OCH3 is 2. The van der Waals surface area contributed by atoms with Crippen molar-refractivity contribution in [3.8, 4) is 5.88 Å². The number of fused-ring (bicyclic) bond motifs is 1. The van der Waals surface area contributed by atoms with E-state index in [9.17, 15) is 9.59 Å². The minimum absolute atomic E-state index is 0.0267. The van der Waals surface area contributed by atoms with E-state index in [1.807, 2.05) is 30.3 Å². The summed E-state index contributed by atoms with van der Waals surface area (Å²) in [6, 6.07) is 12.6. The van der Waals surface area contributed by atoms with Crippen LogP contribution in [-0.4, -0.2) is 44.5 Å². The molecule has 1 aliphatic heterocycles. The van der Waals surface area contributed by atoms with Crippen molar-refractivity contribution in [1.82, 2.24) is 4.98 Å². The van der Waals surface area contributed by atoms with Gasteiger partial charge in [0.05, 0.1) is 12.8 Å². The summed E-state index contributed by atoms with van der Waals surface area (Å²) >= 11 is 0. The van der Waals surface area contributed by atoms with Crippen LogP contribution in [0.1, 0.15) is 5.56 Å². The molecule has 0 bridgehead atoms. The Bertz CT molecular complexity index is 797. The van der Waals surface area contributed by atoms with E-state index in [1.54, 1.807) is 12.1 Å². The van der Waals surface area contributed by atoms with Gasteiger partial charge >= 0.3 is 6.09 Å². The van der Waals surface area contributed by atoms with Crippen molar-refractivity contribution in [2.45, 2.75) is 6.61 Å². The zero-order chi connectivity index (χ0) is 18.5. The van der Waals surface area contributed by atoms with Crippen LogP contribution in [0.3, 0.4) is 0 Å². The van der Waals surface area contributed by atoms with Crippen LogP contribution in [0, 0.1) is 0 Å². The van der Waals surface area contributed by atoms with E-state index >= 15 is 0 Å². The molecule has 1 aliphatic rings.